The summed E-state index contributed by atoms with van der Waals surface area (Å²) in [5, 5.41) is 4.59. The minimum absolute atomic E-state index is 0.00331. The van der Waals surface area contributed by atoms with Gasteiger partial charge in [0.1, 0.15) is 0 Å². The highest BCUT2D eigenvalue weighted by Crippen LogP contribution is 2.52. The van der Waals surface area contributed by atoms with Crippen molar-refractivity contribution in [2.75, 3.05) is 13.2 Å². The molecular weight excluding hydrogens is 334 g/mol. The predicted molar refractivity (Wildman–Crippen MR) is 76.3 cm³/mol. The number of hydrogen-bond acceptors (Lipinski definition) is 5. The molecule has 0 saturated heterocycles. The topological polar surface area (TPSA) is 101 Å². The zero-order valence-corrected chi connectivity index (χ0v) is 13.5. The first-order valence-corrected chi connectivity index (χ1v) is 9.16. The lowest BCUT2D eigenvalue weighted by Crippen LogP contribution is -2.45. The Balaban J connectivity index is 2.07. The maximum absolute atomic E-state index is 13.2. The van der Waals surface area contributed by atoms with E-state index in [9.17, 15) is 22.0 Å². The Hall–Kier alpha value is -0.800. The van der Waals surface area contributed by atoms with E-state index in [0.717, 1.165) is 19.3 Å². The van der Waals surface area contributed by atoms with Crippen LogP contribution in [-0.4, -0.2) is 42.5 Å². The van der Waals surface area contributed by atoms with E-state index in [0.29, 0.717) is 31.6 Å². The fourth-order valence-corrected chi connectivity index (χ4v) is 4.24. The van der Waals surface area contributed by atoms with Gasteiger partial charge in [0.2, 0.25) is 0 Å². The number of alkyl halides is 2. The summed E-state index contributed by atoms with van der Waals surface area (Å²) in [5.41, 5.74) is -0.879. The van der Waals surface area contributed by atoms with Crippen LogP contribution in [0.2, 0.25) is 0 Å². The van der Waals surface area contributed by atoms with Gasteiger partial charge in [-0.2, -0.15) is 17.2 Å². The number of hydrogen-bond donors (Lipinski definition) is 2. The maximum atomic E-state index is 13.2. The molecule has 6 nitrogen and oxygen atoms in total. The molecule has 0 heterocycles. The summed E-state index contributed by atoms with van der Waals surface area (Å²) in [7, 11) is -5.62. The van der Waals surface area contributed by atoms with Crippen LogP contribution < -0.4 is 0 Å². The number of halogens is 2. The Labute approximate surface area is 134 Å². The van der Waals surface area contributed by atoms with Gasteiger partial charge in [-0.3, -0.25) is 9.35 Å². The molecule has 2 aliphatic carbocycles. The van der Waals surface area contributed by atoms with Gasteiger partial charge < -0.3 is 9.84 Å². The quantitative estimate of drug-likeness (QED) is 0.557. The average Bonchev–Trinajstić information content (AvgIpc) is 2.43. The lowest BCUT2D eigenvalue weighted by molar-refractivity contribution is -0.169. The van der Waals surface area contributed by atoms with E-state index in [4.69, 9.17) is 9.66 Å². The van der Waals surface area contributed by atoms with Crippen LogP contribution in [0, 0.1) is 17.3 Å². The summed E-state index contributed by atoms with van der Waals surface area (Å²) < 4.78 is 60.7. The highest BCUT2D eigenvalue weighted by Gasteiger charge is 2.51. The Bertz CT molecular complexity index is 549. The molecule has 0 aromatic rings. The molecule has 23 heavy (non-hydrogen) atoms. The van der Waals surface area contributed by atoms with E-state index in [1.165, 1.54) is 0 Å². The summed E-state index contributed by atoms with van der Waals surface area (Å²) in [6.07, 6.45) is 4.72. The molecule has 0 spiro atoms. The van der Waals surface area contributed by atoms with Gasteiger partial charge >= 0.3 is 21.3 Å². The molecule has 3 unspecified atom stereocenters. The molecule has 2 N–H and O–H groups in total. The summed E-state index contributed by atoms with van der Waals surface area (Å²) in [6.45, 7) is -1.68. The Morgan fingerprint density at radius 2 is 2.04 bits per heavy atom. The third kappa shape index (κ3) is 4.00. The van der Waals surface area contributed by atoms with Crippen LogP contribution in [0.15, 0.2) is 0 Å². The second-order valence-electron chi connectivity index (χ2n) is 6.75. The molecule has 9 heteroatoms. The largest absolute Gasteiger partial charge is 0.458 e. The van der Waals surface area contributed by atoms with E-state index in [1.807, 2.05) is 0 Å². The van der Waals surface area contributed by atoms with Crippen LogP contribution in [0.4, 0.5) is 8.78 Å². The van der Waals surface area contributed by atoms with Crippen LogP contribution in [0.1, 0.15) is 44.9 Å². The highest BCUT2D eigenvalue weighted by molar-refractivity contribution is 7.86. The van der Waals surface area contributed by atoms with Crippen LogP contribution in [0.5, 0.6) is 0 Å². The summed E-state index contributed by atoms with van der Waals surface area (Å²) >= 11 is 0. The van der Waals surface area contributed by atoms with Crippen molar-refractivity contribution in [1.82, 2.24) is 0 Å². The number of aliphatic hydroxyl groups excluding tert-OH is 1. The van der Waals surface area contributed by atoms with E-state index >= 15 is 0 Å². The Morgan fingerprint density at radius 3 is 2.65 bits per heavy atom. The second-order valence-corrected chi connectivity index (χ2v) is 8.30. The summed E-state index contributed by atoms with van der Waals surface area (Å²) in [4.78, 5) is 12.4. The van der Waals surface area contributed by atoms with Gasteiger partial charge in [0, 0.05) is 6.61 Å². The average molecular weight is 356 g/mol. The Morgan fingerprint density at radius 1 is 1.35 bits per heavy atom. The van der Waals surface area contributed by atoms with Crippen molar-refractivity contribution in [3.63, 3.8) is 0 Å². The van der Waals surface area contributed by atoms with Gasteiger partial charge in [-0.1, -0.05) is 12.8 Å². The fourth-order valence-electron chi connectivity index (χ4n) is 4.03. The minimum atomic E-state index is -5.62. The first-order valence-electron chi connectivity index (χ1n) is 7.72. The van der Waals surface area contributed by atoms with E-state index in [-0.39, 0.29) is 12.5 Å². The van der Waals surface area contributed by atoms with Crippen molar-refractivity contribution in [3.8, 4) is 0 Å². The van der Waals surface area contributed by atoms with Gasteiger partial charge in [-0.25, -0.2) is 0 Å². The summed E-state index contributed by atoms with van der Waals surface area (Å²) in [5.74, 6) is -0.398. The second kappa shape index (κ2) is 6.60. The third-order valence-electron chi connectivity index (χ3n) is 5.01. The zero-order valence-electron chi connectivity index (χ0n) is 12.7. The molecule has 2 fully saturated rings. The maximum Gasteiger partial charge on any atom is 0.402 e. The number of rotatable bonds is 6. The molecule has 2 aliphatic rings. The number of carbonyl (C=O) groups excluding carboxylic acids is 1. The first-order chi connectivity index (χ1) is 10.6. The molecule has 0 aliphatic heterocycles. The number of aliphatic hydroxyl groups is 1. The van der Waals surface area contributed by atoms with Gasteiger partial charge in [0.05, 0.1) is 5.41 Å². The highest BCUT2D eigenvalue weighted by atomic mass is 32.2. The molecule has 2 rings (SSSR count). The van der Waals surface area contributed by atoms with Crippen molar-refractivity contribution in [3.05, 3.63) is 0 Å². The van der Waals surface area contributed by atoms with Crippen molar-refractivity contribution in [2.24, 2.45) is 17.3 Å². The molecule has 0 aromatic carbocycles. The van der Waals surface area contributed by atoms with Gasteiger partial charge in [-0.05, 0) is 43.9 Å². The Kier molecular flexibility index (Phi) is 5.32. The molecule has 2 saturated carbocycles. The smallest absolute Gasteiger partial charge is 0.402 e. The number of ether oxygens (including phenoxy) is 1. The zero-order chi connectivity index (χ0) is 17.3. The monoisotopic (exact) mass is 356 g/mol. The van der Waals surface area contributed by atoms with Crippen molar-refractivity contribution >= 4 is 16.1 Å². The molecule has 0 amide bonds. The lowest BCUT2D eigenvalue weighted by atomic mass is 9.58. The van der Waals surface area contributed by atoms with Gasteiger partial charge in [-0.15, -0.1) is 0 Å². The van der Waals surface area contributed by atoms with Crippen LogP contribution in [0.3, 0.4) is 0 Å². The number of esters is 1. The number of carbonyl (C=O) groups is 1. The molecule has 0 radical (unpaired) electrons. The molecule has 0 aromatic heterocycles. The minimum Gasteiger partial charge on any atom is -0.458 e. The van der Waals surface area contributed by atoms with Crippen molar-refractivity contribution in [2.45, 2.75) is 50.2 Å². The van der Waals surface area contributed by atoms with Gasteiger partial charge in [0.25, 0.3) is 0 Å². The SMILES string of the molecule is O=C(OCC(F)(F)S(=O)(=O)O)C12CCCC(CC(CCO)C1)C2. The van der Waals surface area contributed by atoms with E-state index < -0.39 is 33.4 Å². The third-order valence-corrected chi connectivity index (χ3v) is 5.88. The van der Waals surface area contributed by atoms with Gasteiger partial charge in [0.15, 0.2) is 6.61 Å². The molecule has 2 bridgehead atoms. The standard InChI is InChI=1S/C14H22F2O6S/c15-14(16,23(19,20)21)9-22-12(18)13-4-1-2-10(7-13)6-11(8-13)3-5-17/h10-11,17H,1-9H2,(H,19,20,21). The first kappa shape index (κ1) is 18.5. The lowest BCUT2D eigenvalue weighted by Gasteiger charge is -2.46. The van der Waals surface area contributed by atoms with E-state index in [2.05, 4.69) is 4.74 Å². The van der Waals surface area contributed by atoms with E-state index in [1.54, 1.807) is 0 Å². The molecule has 134 valence electrons. The van der Waals surface area contributed by atoms with Crippen LogP contribution in [0.25, 0.3) is 0 Å². The van der Waals surface area contributed by atoms with Crippen LogP contribution in [-0.2, 0) is 19.6 Å². The normalized spacial score (nSPS) is 31.7. The van der Waals surface area contributed by atoms with Crippen molar-refractivity contribution < 1.29 is 36.4 Å². The molecular formula is C14H22F2O6S. The fraction of sp³-hybridized carbons (Fsp3) is 0.929. The van der Waals surface area contributed by atoms with Crippen LogP contribution >= 0.6 is 0 Å². The van der Waals surface area contributed by atoms with Crippen molar-refractivity contribution in [1.29, 1.82) is 0 Å². The molecule has 3 atom stereocenters. The predicted octanol–water partition coefficient (Wildman–Crippen LogP) is 1.98. The summed E-state index contributed by atoms with van der Waals surface area (Å²) in [6, 6.07) is 0. The number of fused-ring (bicyclic) bond motifs is 2.